The summed E-state index contributed by atoms with van der Waals surface area (Å²) in [5, 5.41) is 10.3. The van der Waals surface area contributed by atoms with Crippen molar-refractivity contribution >= 4 is 5.96 Å². The quantitative estimate of drug-likeness (QED) is 0.419. The maximum atomic E-state index is 5.18. The lowest BCUT2D eigenvalue weighted by Crippen LogP contribution is -2.38. The van der Waals surface area contributed by atoms with Crippen LogP contribution in [0.1, 0.15) is 38.4 Å². The van der Waals surface area contributed by atoms with E-state index in [-0.39, 0.29) is 5.92 Å². The summed E-state index contributed by atoms with van der Waals surface area (Å²) in [6.07, 6.45) is 0.675. The van der Waals surface area contributed by atoms with E-state index in [9.17, 15) is 0 Å². The summed E-state index contributed by atoms with van der Waals surface area (Å²) in [6.45, 7) is 8.86. The van der Waals surface area contributed by atoms with E-state index in [0.717, 1.165) is 18.3 Å². The van der Waals surface area contributed by atoms with Crippen molar-refractivity contribution in [3.8, 4) is 0 Å². The molecular weight excluding hydrogens is 258 g/mol. The Morgan fingerprint density at radius 2 is 2.20 bits per heavy atom. The highest BCUT2D eigenvalue weighted by atomic mass is 16.5. The van der Waals surface area contributed by atoms with E-state index in [2.05, 4.69) is 25.8 Å². The molecule has 0 saturated carbocycles. The Hall–Kier alpha value is -1.63. The first-order valence-electron chi connectivity index (χ1n) is 7.01. The molecule has 7 heteroatoms. The molecule has 0 atom stereocenters. The molecule has 0 amide bonds. The second-order valence-corrected chi connectivity index (χ2v) is 4.63. The first-order valence-corrected chi connectivity index (χ1v) is 7.01. The number of aromatic nitrogens is 2. The maximum Gasteiger partial charge on any atom is 0.228 e. The number of rotatable bonds is 8. The van der Waals surface area contributed by atoms with Crippen molar-refractivity contribution in [1.29, 1.82) is 0 Å². The highest BCUT2D eigenvalue weighted by Gasteiger charge is 2.09. The molecule has 0 spiro atoms. The maximum absolute atomic E-state index is 5.18. The first-order chi connectivity index (χ1) is 9.67. The van der Waals surface area contributed by atoms with Crippen molar-refractivity contribution in [2.75, 3.05) is 33.4 Å². The van der Waals surface area contributed by atoms with Crippen LogP contribution >= 0.6 is 0 Å². The minimum atomic E-state index is 0.286. The van der Waals surface area contributed by atoms with Crippen LogP contribution in [-0.2, 0) is 11.2 Å². The van der Waals surface area contributed by atoms with Gasteiger partial charge in [-0.2, -0.15) is 4.98 Å². The Bertz CT molecular complexity index is 403. The molecule has 0 radical (unpaired) electrons. The standard InChI is InChI=1S/C13H25N5O2/c1-5-14-13(16-8-9-19-4)15-7-6-11-17-12(10(2)3)18-20-11/h10H,5-9H2,1-4H3,(H2,14,15,16). The summed E-state index contributed by atoms with van der Waals surface area (Å²) >= 11 is 0. The van der Waals surface area contributed by atoms with Crippen molar-refractivity contribution < 1.29 is 9.26 Å². The van der Waals surface area contributed by atoms with Crippen LogP contribution in [0.2, 0.25) is 0 Å². The van der Waals surface area contributed by atoms with E-state index in [1.165, 1.54) is 0 Å². The van der Waals surface area contributed by atoms with Gasteiger partial charge in [0.15, 0.2) is 11.8 Å². The van der Waals surface area contributed by atoms with Gasteiger partial charge in [-0.05, 0) is 6.92 Å². The number of aliphatic imine (C=N–C) groups is 1. The predicted molar refractivity (Wildman–Crippen MR) is 77.9 cm³/mol. The molecule has 0 fully saturated rings. The molecule has 114 valence electrons. The molecule has 20 heavy (non-hydrogen) atoms. The van der Waals surface area contributed by atoms with Gasteiger partial charge in [-0.15, -0.1) is 0 Å². The monoisotopic (exact) mass is 283 g/mol. The summed E-state index contributed by atoms with van der Waals surface area (Å²) < 4.78 is 10.2. The summed E-state index contributed by atoms with van der Waals surface area (Å²) in [6, 6.07) is 0. The van der Waals surface area contributed by atoms with E-state index >= 15 is 0 Å². The normalized spacial score (nSPS) is 11.9. The van der Waals surface area contributed by atoms with Gasteiger partial charge >= 0.3 is 0 Å². The van der Waals surface area contributed by atoms with Gasteiger partial charge in [-0.1, -0.05) is 19.0 Å². The zero-order valence-electron chi connectivity index (χ0n) is 12.8. The summed E-state index contributed by atoms with van der Waals surface area (Å²) in [5.74, 6) is 2.45. The lowest BCUT2D eigenvalue weighted by atomic mass is 10.2. The minimum absolute atomic E-state index is 0.286. The van der Waals surface area contributed by atoms with Crippen LogP contribution in [0.3, 0.4) is 0 Å². The fourth-order valence-corrected chi connectivity index (χ4v) is 1.48. The van der Waals surface area contributed by atoms with E-state index in [4.69, 9.17) is 9.26 Å². The number of ether oxygens (including phenoxy) is 1. The zero-order chi connectivity index (χ0) is 14.8. The fraction of sp³-hybridized carbons (Fsp3) is 0.769. The molecule has 1 rings (SSSR count). The second kappa shape index (κ2) is 9.30. The minimum Gasteiger partial charge on any atom is -0.383 e. The number of nitrogens with one attached hydrogen (secondary N) is 2. The molecule has 0 unspecified atom stereocenters. The van der Waals surface area contributed by atoms with Crippen LogP contribution in [0.4, 0.5) is 0 Å². The van der Waals surface area contributed by atoms with Gasteiger partial charge < -0.3 is 19.9 Å². The van der Waals surface area contributed by atoms with Crippen molar-refractivity contribution in [2.45, 2.75) is 33.1 Å². The molecule has 1 aromatic heterocycles. The third kappa shape index (κ3) is 6.01. The SMILES string of the molecule is CCNC(=NCCOC)NCCc1nc(C(C)C)no1. The largest absolute Gasteiger partial charge is 0.383 e. The number of nitrogens with zero attached hydrogens (tertiary/aromatic N) is 3. The summed E-state index contributed by atoms with van der Waals surface area (Å²) in [4.78, 5) is 8.70. The molecule has 2 N–H and O–H groups in total. The Balaban J connectivity index is 2.37. The van der Waals surface area contributed by atoms with E-state index in [1.807, 2.05) is 20.8 Å². The molecular formula is C13H25N5O2. The van der Waals surface area contributed by atoms with Crippen LogP contribution in [0.25, 0.3) is 0 Å². The van der Waals surface area contributed by atoms with Gasteiger partial charge in [0.25, 0.3) is 0 Å². The molecule has 0 aromatic carbocycles. The highest BCUT2D eigenvalue weighted by Crippen LogP contribution is 2.09. The third-order valence-corrected chi connectivity index (χ3v) is 2.54. The van der Waals surface area contributed by atoms with E-state index in [1.54, 1.807) is 7.11 Å². The smallest absolute Gasteiger partial charge is 0.228 e. The second-order valence-electron chi connectivity index (χ2n) is 4.63. The average Bonchev–Trinajstić information content (AvgIpc) is 2.88. The fourth-order valence-electron chi connectivity index (χ4n) is 1.48. The molecule has 0 aliphatic carbocycles. The molecule has 7 nitrogen and oxygen atoms in total. The number of methoxy groups -OCH3 is 1. The Morgan fingerprint density at radius 3 is 2.80 bits per heavy atom. The highest BCUT2D eigenvalue weighted by molar-refractivity contribution is 5.79. The van der Waals surface area contributed by atoms with Gasteiger partial charge in [0, 0.05) is 32.5 Å². The van der Waals surface area contributed by atoms with Crippen molar-refractivity contribution in [2.24, 2.45) is 4.99 Å². The number of guanidine groups is 1. The lowest BCUT2D eigenvalue weighted by molar-refractivity contribution is 0.208. The average molecular weight is 283 g/mol. The molecule has 0 aliphatic heterocycles. The van der Waals surface area contributed by atoms with Crippen molar-refractivity contribution in [1.82, 2.24) is 20.8 Å². The molecule has 1 aromatic rings. The Labute approximate surface area is 120 Å². The third-order valence-electron chi connectivity index (χ3n) is 2.54. The van der Waals surface area contributed by atoms with Crippen LogP contribution < -0.4 is 10.6 Å². The molecule has 0 saturated heterocycles. The van der Waals surface area contributed by atoms with Gasteiger partial charge in [0.1, 0.15) is 0 Å². The van der Waals surface area contributed by atoms with Crippen LogP contribution in [0.15, 0.2) is 9.52 Å². The molecule has 0 bridgehead atoms. The summed E-state index contributed by atoms with van der Waals surface area (Å²) in [5.41, 5.74) is 0. The van der Waals surface area contributed by atoms with Crippen molar-refractivity contribution in [3.05, 3.63) is 11.7 Å². The van der Waals surface area contributed by atoms with Gasteiger partial charge in [-0.25, -0.2) is 0 Å². The topological polar surface area (TPSA) is 84.6 Å². The van der Waals surface area contributed by atoms with Crippen molar-refractivity contribution in [3.63, 3.8) is 0 Å². The molecule has 0 aliphatic rings. The van der Waals surface area contributed by atoms with E-state index < -0.39 is 0 Å². The van der Waals surface area contributed by atoms with Crippen LogP contribution in [0.5, 0.6) is 0 Å². The Kier molecular flexibility index (Phi) is 7.64. The van der Waals surface area contributed by atoms with Gasteiger partial charge in [0.2, 0.25) is 5.89 Å². The molecule has 1 heterocycles. The Morgan fingerprint density at radius 1 is 1.40 bits per heavy atom. The summed E-state index contributed by atoms with van der Waals surface area (Å²) in [7, 11) is 1.66. The van der Waals surface area contributed by atoms with Gasteiger partial charge in [-0.3, -0.25) is 4.99 Å². The number of hydrogen-bond donors (Lipinski definition) is 2. The van der Waals surface area contributed by atoms with Gasteiger partial charge in [0.05, 0.1) is 13.2 Å². The first kappa shape index (κ1) is 16.4. The number of hydrogen-bond acceptors (Lipinski definition) is 5. The van der Waals surface area contributed by atoms with E-state index in [0.29, 0.717) is 32.0 Å². The lowest BCUT2D eigenvalue weighted by Gasteiger charge is -2.09. The zero-order valence-corrected chi connectivity index (χ0v) is 12.8. The van der Waals surface area contributed by atoms with Crippen LogP contribution in [-0.4, -0.2) is 49.5 Å². The predicted octanol–water partition coefficient (Wildman–Crippen LogP) is 0.937. The van der Waals surface area contributed by atoms with Crippen LogP contribution in [0, 0.1) is 0 Å².